The van der Waals surface area contributed by atoms with Crippen LogP contribution in [0, 0.1) is 0 Å². The first kappa shape index (κ1) is 26.7. The summed E-state index contributed by atoms with van der Waals surface area (Å²) < 4.78 is 5.15. The maximum atomic E-state index is 11.5. The fraction of sp³-hybridized carbons (Fsp3) is 0.333. The van der Waals surface area contributed by atoms with E-state index in [1.54, 1.807) is 0 Å². The Bertz CT molecular complexity index is 933. The lowest BCUT2D eigenvalue weighted by Crippen LogP contribution is -2.32. The Morgan fingerprint density at radius 3 is 1.82 bits per heavy atom. The molecule has 0 radical (unpaired) electrons. The molecule has 0 spiro atoms. The van der Waals surface area contributed by atoms with E-state index in [4.69, 9.17) is 33.0 Å². The summed E-state index contributed by atoms with van der Waals surface area (Å²) in [5.41, 5.74) is -0.183. The van der Waals surface area contributed by atoms with Crippen LogP contribution in [-0.2, 0) is 4.74 Å². The average molecular weight is 503 g/mol. The molecule has 7 N–H and O–H groups in total. The standard InChI is InChI=1S/C21H24Cl2N2O8/c22-15-9-11(7-13(18(15)27)20(29)30)17(25-2-1-24-3-5-33-6-4-26)12-8-14(21(31)32)19(28)16(23)10-12/h7-10,17,24-28H,1-6H2,(H,29,30)(H,31,32). The van der Waals surface area contributed by atoms with Crippen LogP contribution >= 0.6 is 23.2 Å². The number of hydrogen-bond donors (Lipinski definition) is 7. The van der Waals surface area contributed by atoms with Crippen LogP contribution in [-0.4, -0.2) is 76.9 Å². The minimum absolute atomic E-state index is 0.0652. The minimum atomic E-state index is -1.39. The SMILES string of the molecule is O=C(O)c1cc(C(NCCNCCOCCO)c2cc(Cl)c(O)c(C(=O)O)c2)cc(Cl)c1O. The summed E-state index contributed by atoms with van der Waals surface area (Å²) in [4.78, 5) is 23.1. The number of ether oxygens (including phenoxy) is 1. The van der Waals surface area contributed by atoms with Gasteiger partial charge in [0.25, 0.3) is 0 Å². The quantitative estimate of drug-likeness (QED) is 0.201. The Labute approximate surface area is 199 Å². The number of aliphatic hydroxyl groups is 1. The van der Waals surface area contributed by atoms with Gasteiger partial charge in [0.2, 0.25) is 0 Å². The highest BCUT2D eigenvalue weighted by atomic mass is 35.5. The summed E-state index contributed by atoms with van der Waals surface area (Å²) in [6.45, 7) is 1.91. The molecule has 0 aliphatic carbocycles. The van der Waals surface area contributed by atoms with Gasteiger partial charge in [-0.15, -0.1) is 0 Å². The van der Waals surface area contributed by atoms with Crippen LogP contribution in [0.25, 0.3) is 0 Å². The van der Waals surface area contributed by atoms with Crippen molar-refractivity contribution < 1.29 is 39.9 Å². The maximum Gasteiger partial charge on any atom is 0.339 e. The van der Waals surface area contributed by atoms with Gasteiger partial charge in [0.05, 0.1) is 35.9 Å². The second-order valence-corrected chi connectivity index (χ2v) is 7.70. The predicted octanol–water partition coefficient (Wildman–Crippen LogP) is 2.08. The highest BCUT2D eigenvalue weighted by Gasteiger charge is 2.23. The second-order valence-electron chi connectivity index (χ2n) is 6.88. The Morgan fingerprint density at radius 2 is 1.36 bits per heavy atom. The average Bonchev–Trinajstić information content (AvgIpc) is 2.76. The molecule has 0 heterocycles. The van der Waals surface area contributed by atoms with E-state index in [9.17, 15) is 30.0 Å². The van der Waals surface area contributed by atoms with E-state index < -0.39 is 40.6 Å². The van der Waals surface area contributed by atoms with Crippen LogP contribution in [0.15, 0.2) is 24.3 Å². The van der Waals surface area contributed by atoms with E-state index in [0.29, 0.717) is 37.4 Å². The molecular weight excluding hydrogens is 479 g/mol. The van der Waals surface area contributed by atoms with Crippen molar-refractivity contribution in [1.29, 1.82) is 0 Å². The van der Waals surface area contributed by atoms with Crippen molar-refractivity contribution in [2.45, 2.75) is 6.04 Å². The number of nitrogens with one attached hydrogen (secondary N) is 2. The van der Waals surface area contributed by atoms with Gasteiger partial charge in [-0.1, -0.05) is 23.2 Å². The van der Waals surface area contributed by atoms with Crippen molar-refractivity contribution in [2.75, 3.05) is 39.5 Å². The first-order valence-corrected chi connectivity index (χ1v) is 10.6. The number of halogens is 2. The summed E-state index contributed by atoms with van der Waals surface area (Å²) in [6, 6.07) is 4.39. The summed E-state index contributed by atoms with van der Waals surface area (Å²) in [6.07, 6.45) is 0. The van der Waals surface area contributed by atoms with Gasteiger partial charge in [-0.2, -0.15) is 0 Å². The number of rotatable bonds is 13. The number of carboxylic acid groups (broad SMARTS) is 2. The molecule has 0 aliphatic heterocycles. The zero-order valence-corrected chi connectivity index (χ0v) is 18.9. The fourth-order valence-corrected chi connectivity index (χ4v) is 3.52. The van der Waals surface area contributed by atoms with Crippen LogP contribution in [0.5, 0.6) is 11.5 Å². The molecule has 180 valence electrons. The van der Waals surface area contributed by atoms with Crippen molar-refractivity contribution in [1.82, 2.24) is 10.6 Å². The van der Waals surface area contributed by atoms with E-state index in [2.05, 4.69) is 10.6 Å². The molecule has 0 bridgehead atoms. The van der Waals surface area contributed by atoms with Crippen molar-refractivity contribution >= 4 is 35.1 Å². The smallest absolute Gasteiger partial charge is 0.339 e. The van der Waals surface area contributed by atoms with Gasteiger partial charge in [0, 0.05) is 19.6 Å². The van der Waals surface area contributed by atoms with Gasteiger partial charge in [-0.25, -0.2) is 9.59 Å². The zero-order chi connectivity index (χ0) is 24.5. The molecule has 12 heteroatoms. The summed E-state index contributed by atoms with van der Waals surface area (Å²) in [7, 11) is 0. The third-order valence-corrected chi connectivity index (χ3v) is 5.18. The highest BCUT2D eigenvalue weighted by molar-refractivity contribution is 6.33. The minimum Gasteiger partial charge on any atom is -0.505 e. The van der Waals surface area contributed by atoms with E-state index in [1.165, 1.54) is 24.3 Å². The van der Waals surface area contributed by atoms with Gasteiger partial charge < -0.3 is 40.9 Å². The number of carboxylic acids is 2. The van der Waals surface area contributed by atoms with Crippen LogP contribution in [0.1, 0.15) is 37.9 Å². The Morgan fingerprint density at radius 1 is 0.848 bits per heavy atom. The van der Waals surface area contributed by atoms with Gasteiger partial charge in [0.15, 0.2) is 0 Å². The third kappa shape index (κ3) is 7.19. The summed E-state index contributed by atoms with van der Waals surface area (Å²) in [5, 5.41) is 53.3. The number of phenols is 2. The van der Waals surface area contributed by atoms with Crippen LogP contribution < -0.4 is 10.6 Å². The van der Waals surface area contributed by atoms with Gasteiger partial charge in [-0.05, 0) is 35.4 Å². The highest BCUT2D eigenvalue weighted by Crippen LogP contribution is 2.36. The number of aromatic carboxylic acids is 2. The number of aliphatic hydroxyl groups excluding tert-OH is 1. The molecule has 2 aromatic carbocycles. The van der Waals surface area contributed by atoms with Crippen LogP contribution in [0.3, 0.4) is 0 Å². The van der Waals surface area contributed by atoms with Crippen molar-refractivity contribution in [3.8, 4) is 11.5 Å². The lowest BCUT2D eigenvalue weighted by Gasteiger charge is -2.22. The van der Waals surface area contributed by atoms with E-state index in [1.807, 2.05) is 0 Å². The summed E-state index contributed by atoms with van der Waals surface area (Å²) in [5.74, 6) is -3.97. The van der Waals surface area contributed by atoms with Gasteiger partial charge in [0.1, 0.15) is 22.6 Å². The van der Waals surface area contributed by atoms with Crippen LogP contribution in [0.2, 0.25) is 10.0 Å². The predicted molar refractivity (Wildman–Crippen MR) is 121 cm³/mol. The molecule has 0 aromatic heterocycles. The van der Waals surface area contributed by atoms with Crippen molar-refractivity contribution in [2.24, 2.45) is 0 Å². The molecule has 0 atom stereocenters. The fourth-order valence-electron chi connectivity index (χ4n) is 3.07. The summed E-state index contributed by atoms with van der Waals surface area (Å²) >= 11 is 12.1. The molecule has 0 saturated heterocycles. The number of aromatic hydroxyl groups is 2. The number of carbonyl (C=O) groups is 2. The topological polar surface area (TPSA) is 169 Å². The van der Waals surface area contributed by atoms with E-state index >= 15 is 0 Å². The molecule has 2 aromatic rings. The van der Waals surface area contributed by atoms with Crippen molar-refractivity contribution in [3.63, 3.8) is 0 Å². The molecule has 10 nitrogen and oxygen atoms in total. The Kier molecular flexibility index (Phi) is 10.2. The van der Waals surface area contributed by atoms with Crippen LogP contribution in [0.4, 0.5) is 0 Å². The number of hydrogen-bond acceptors (Lipinski definition) is 8. The lowest BCUT2D eigenvalue weighted by molar-refractivity contribution is 0.0682. The Balaban J connectivity index is 2.34. The zero-order valence-electron chi connectivity index (χ0n) is 17.3. The largest absolute Gasteiger partial charge is 0.505 e. The first-order chi connectivity index (χ1) is 15.7. The molecule has 2 rings (SSSR count). The molecule has 0 amide bonds. The normalized spacial score (nSPS) is 11.2. The van der Waals surface area contributed by atoms with E-state index in [-0.39, 0.29) is 23.3 Å². The maximum absolute atomic E-state index is 11.5. The van der Waals surface area contributed by atoms with Crippen molar-refractivity contribution in [3.05, 3.63) is 56.6 Å². The molecule has 0 aliphatic rings. The monoisotopic (exact) mass is 502 g/mol. The molecule has 0 saturated carbocycles. The molecule has 33 heavy (non-hydrogen) atoms. The van der Waals surface area contributed by atoms with E-state index in [0.717, 1.165) is 0 Å². The number of benzene rings is 2. The van der Waals surface area contributed by atoms with Gasteiger partial charge >= 0.3 is 11.9 Å². The van der Waals surface area contributed by atoms with Gasteiger partial charge in [-0.3, -0.25) is 0 Å². The Hall–Kier alpha value is -2.60. The second kappa shape index (κ2) is 12.6. The molecular formula is C21H24Cl2N2O8. The third-order valence-electron chi connectivity index (χ3n) is 4.61. The molecule has 0 unspecified atom stereocenters. The first-order valence-electron chi connectivity index (χ1n) is 9.81. The molecule has 0 fully saturated rings. The lowest BCUT2D eigenvalue weighted by atomic mass is 9.94.